The summed E-state index contributed by atoms with van der Waals surface area (Å²) in [5.74, 6) is -1.30. The molecule has 3 aromatic carbocycles. The van der Waals surface area contributed by atoms with Crippen LogP contribution in [0.15, 0.2) is 78.9 Å². The number of hydrogen-bond acceptors (Lipinski definition) is 3. The largest absolute Gasteiger partial charge is 0.481 e. The molecule has 33 heavy (non-hydrogen) atoms. The van der Waals surface area contributed by atoms with Crippen molar-refractivity contribution in [1.82, 2.24) is 10.2 Å². The zero-order valence-corrected chi connectivity index (χ0v) is 19.1. The van der Waals surface area contributed by atoms with Gasteiger partial charge in [0.05, 0.1) is 0 Å². The van der Waals surface area contributed by atoms with E-state index < -0.39 is 24.4 Å². The number of nitrogens with one attached hydrogen (secondary N) is 1. The minimum Gasteiger partial charge on any atom is -0.481 e. The first-order chi connectivity index (χ1) is 16.0. The lowest BCUT2D eigenvalue weighted by Gasteiger charge is -2.31. The van der Waals surface area contributed by atoms with Gasteiger partial charge in [-0.2, -0.15) is 0 Å². The summed E-state index contributed by atoms with van der Waals surface area (Å²) in [4.78, 5) is 27.8. The van der Waals surface area contributed by atoms with Gasteiger partial charge < -0.3 is 15.0 Å². The Kier molecular flexibility index (Phi) is 8.84. The van der Waals surface area contributed by atoms with Crippen LogP contribution in [0, 0.1) is 5.82 Å². The van der Waals surface area contributed by atoms with Crippen molar-refractivity contribution >= 4 is 23.4 Å². The third-order valence-electron chi connectivity index (χ3n) is 5.05. The standard InChI is InChI=1S/C26H26ClFN2O3/c1-2-29-26(32)23(16-19-9-4-3-5-10-19)30(17-20-11-8-12-21(27)15-20)25(31)18-33-24-14-7-6-13-22(24)28/h3-15,23H,2,16-18H2,1H3,(H,29,32). The number of carbonyl (C=O) groups excluding carboxylic acids is 2. The van der Waals surface area contributed by atoms with Gasteiger partial charge in [0.15, 0.2) is 18.2 Å². The van der Waals surface area contributed by atoms with Crippen LogP contribution in [0.5, 0.6) is 5.75 Å². The maximum atomic E-state index is 14.0. The van der Waals surface area contributed by atoms with Gasteiger partial charge in [0.1, 0.15) is 6.04 Å². The molecular formula is C26H26ClFN2O3. The van der Waals surface area contributed by atoms with E-state index in [4.69, 9.17) is 16.3 Å². The quantitative estimate of drug-likeness (QED) is 0.472. The maximum Gasteiger partial charge on any atom is 0.261 e. The van der Waals surface area contributed by atoms with Crippen LogP contribution >= 0.6 is 11.6 Å². The molecule has 0 aliphatic heterocycles. The number of para-hydroxylation sites is 1. The van der Waals surface area contributed by atoms with Crippen molar-refractivity contribution in [2.24, 2.45) is 0 Å². The van der Waals surface area contributed by atoms with Gasteiger partial charge in [-0.1, -0.05) is 66.2 Å². The Morgan fingerprint density at radius 1 is 1.00 bits per heavy atom. The van der Waals surface area contributed by atoms with Crippen LogP contribution in [0.3, 0.4) is 0 Å². The summed E-state index contributed by atoms with van der Waals surface area (Å²) in [6.45, 7) is 1.98. The third kappa shape index (κ3) is 7.05. The van der Waals surface area contributed by atoms with Gasteiger partial charge in [-0.05, 0) is 42.3 Å². The second kappa shape index (κ2) is 12.0. The molecule has 0 heterocycles. The molecule has 0 aliphatic carbocycles. The Bertz CT molecular complexity index is 1080. The Morgan fingerprint density at radius 2 is 1.70 bits per heavy atom. The minimum absolute atomic E-state index is 0.0221. The van der Waals surface area contributed by atoms with Gasteiger partial charge in [0.2, 0.25) is 5.91 Å². The van der Waals surface area contributed by atoms with E-state index in [0.29, 0.717) is 18.0 Å². The zero-order valence-electron chi connectivity index (χ0n) is 18.3. The van der Waals surface area contributed by atoms with Crippen molar-refractivity contribution in [3.05, 3.63) is 101 Å². The predicted molar refractivity (Wildman–Crippen MR) is 127 cm³/mol. The molecule has 0 radical (unpaired) electrons. The Balaban J connectivity index is 1.90. The van der Waals surface area contributed by atoms with Crippen LogP contribution in [0.4, 0.5) is 4.39 Å². The normalized spacial score (nSPS) is 11.5. The summed E-state index contributed by atoms with van der Waals surface area (Å²) in [6, 6.07) is 21.7. The molecule has 3 aromatic rings. The summed E-state index contributed by atoms with van der Waals surface area (Å²) in [7, 11) is 0. The summed E-state index contributed by atoms with van der Waals surface area (Å²) >= 11 is 6.14. The van der Waals surface area contributed by atoms with E-state index in [1.165, 1.54) is 17.0 Å². The highest BCUT2D eigenvalue weighted by atomic mass is 35.5. The first-order valence-electron chi connectivity index (χ1n) is 10.7. The molecule has 0 saturated carbocycles. The van der Waals surface area contributed by atoms with Crippen LogP contribution in [0.2, 0.25) is 5.02 Å². The lowest BCUT2D eigenvalue weighted by molar-refractivity contribution is -0.142. The monoisotopic (exact) mass is 468 g/mol. The van der Waals surface area contributed by atoms with E-state index in [2.05, 4.69) is 5.32 Å². The Labute approximate surface area is 198 Å². The highest BCUT2D eigenvalue weighted by Crippen LogP contribution is 2.19. The molecule has 0 bridgehead atoms. The molecule has 0 saturated heterocycles. The molecule has 5 nitrogen and oxygen atoms in total. The number of amides is 2. The molecule has 1 atom stereocenters. The number of nitrogens with zero attached hydrogens (tertiary/aromatic N) is 1. The number of rotatable bonds is 10. The molecule has 0 aromatic heterocycles. The fraction of sp³-hybridized carbons (Fsp3) is 0.231. The highest BCUT2D eigenvalue weighted by molar-refractivity contribution is 6.30. The van der Waals surface area contributed by atoms with E-state index in [0.717, 1.165) is 11.1 Å². The average molecular weight is 469 g/mol. The van der Waals surface area contributed by atoms with Crippen LogP contribution in [-0.2, 0) is 22.6 Å². The lowest BCUT2D eigenvalue weighted by atomic mass is 10.0. The zero-order chi connectivity index (χ0) is 23.6. The van der Waals surface area contributed by atoms with Crippen molar-refractivity contribution < 1.29 is 18.7 Å². The molecule has 0 aliphatic rings. The Morgan fingerprint density at radius 3 is 2.39 bits per heavy atom. The van der Waals surface area contributed by atoms with Crippen molar-refractivity contribution in [3.8, 4) is 5.75 Å². The molecule has 3 rings (SSSR count). The van der Waals surface area contributed by atoms with Gasteiger partial charge in [0.25, 0.3) is 5.91 Å². The predicted octanol–water partition coefficient (Wildman–Crippen LogP) is 4.63. The van der Waals surface area contributed by atoms with E-state index in [1.807, 2.05) is 43.3 Å². The summed E-state index contributed by atoms with van der Waals surface area (Å²) in [5, 5.41) is 3.35. The number of likely N-dealkylation sites (N-methyl/N-ethyl adjacent to an activating group) is 1. The van der Waals surface area contributed by atoms with Crippen molar-refractivity contribution in [2.75, 3.05) is 13.2 Å². The maximum absolute atomic E-state index is 14.0. The van der Waals surface area contributed by atoms with Crippen LogP contribution in [0.25, 0.3) is 0 Å². The first-order valence-corrected chi connectivity index (χ1v) is 11.1. The molecule has 1 N–H and O–H groups in total. The molecular weight excluding hydrogens is 443 g/mol. The van der Waals surface area contributed by atoms with E-state index in [1.54, 1.807) is 30.3 Å². The second-order valence-electron chi connectivity index (χ2n) is 7.47. The SMILES string of the molecule is CCNC(=O)C(Cc1ccccc1)N(Cc1cccc(Cl)c1)C(=O)COc1ccccc1F. The van der Waals surface area contributed by atoms with Gasteiger partial charge in [-0.15, -0.1) is 0 Å². The molecule has 2 amide bonds. The Hall–Kier alpha value is -3.38. The summed E-state index contributed by atoms with van der Waals surface area (Å²) in [6.07, 6.45) is 0.318. The third-order valence-corrected chi connectivity index (χ3v) is 5.29. The highest BCUT2D eigenvalue weighted by Gasteiger charge is 2.30. The molecule has 1 unspecified atom stereocenters. The van der Waals surface area contributed by atoms with Gasteiger partial charge in [-0.3, -0.25) is 9.59 Å². The van der Waals surface area contributed by atoms with E-state index in [-0.39, 0.29) is 18.2 Å². The van der Waals surface area contributed by atoms with Crippen LogP contribution in [0.1, 0.15) is 18.1 Å². The van der Waals surface area contributed by atoms with Gasteiger partial charge in [0, 0.05) is 24.5 Å². The van der Waals surface area contributed by atoms with E-state index >= 15 is 0 Å². The fourth-order valence-electron chi connectivity index (χ4n) is 3.46. The van der Waals surface area contributed by atoms with Gasteiger partial charge >= 0.3 is 0 Å². The minimum atomic E-state index is -0.789. The van der Waals surface area contributed by atoms with Crippen LogP contribution < -0.4 is 10.1 Å². The lowest BCUT2D eigenvalue weighted by Crippen LogP contribution is -2.51. The van der Waals surface area contributed by atoms with Crippen LogP contribution in [-0.4, -0.2) is 35.9 Å². The van der Waals surface area contributed by atoms with Crippen molar-refractivity contribution in [1.29, 1.82) is 0 Å². The fourth-order valence-corrected chi connectivity index (χ4v) is 3.68. The number of hydrogen-bond donors (Lipinski definition) is 1. The average Bonchev–Trinajstić information content (AvgIpc) is 2.81. The number of carbonyl (C=O) groups is 2. The first kappa shape index (κ1) is 24.3. The number of ether oxygens (including phenoxy) is 1. The second-order valence-corrected chi connectivity index (χ2v) is 7.91. The number of halogens is 2. The summed E-state index contributed by atoms with van der Waals surface area (Å²) in [5.41, 5.74) is 1.68. The smallest absolute Gasteiger partial charge is 0.261 e. The molecule has 7 heteroatoms. The molecule has 0 fully saturated rings. The molecule has 172 valence electrons. The topological polar surface area (TPSA) is 58.6 Å². The van der Waals surface area contributed by atoms with E-state index in [9.17, 15) is 14.0 Å². The van der Waals surface area contributed by atoms with Gasteiger partial charge in [-0.25, -0.2) is 4.39 Å². The number of benzene rings is 3. The molecule has 0 spiro atoms. The van der Waals surface area contributed by atoms with Crippen molar-refractivity contribution in [2.45, 2.75) is 25.9 Å². The summed E-state index contributed by atoms with van der Waals surface area (Å²) < 4.78 is 19.4. The van der Waals surface area contributed by atoms with Crippen molar-refractivity contribution in [3.63, 3.8) is 0 Å².